The van der Waals surface area contributed by atoms with E-state index >= 15 is 0 Å². The van der Waals surface area contributed by atoms with Crippen molar-refractivity contribution in [3.63, 3.8) is 0 Å². The van der Waals surface area contributed by atoms with E-state index in [1.807, 2.05) is 24.3 Å². The highest BCUT2D eigenvalue weighted by atomic mass is 79.9. The molecule has 0 saturated heterocycles. The van der Waals surface area contributed by atoms with Crippen LogP contribution in [0.1, 0.15) is 47.7 Å². The molecule has 3 N–H and O–H groups in total. The van der Waals surface area contributed by atoms with Crippen LogP contribution in [0.25, 0.3) is 21.8 Å². The molecule has 3 aromatic carbocycles. The third-order valence-corrected chi connectivity index (χ3v) is 7.45. The van der Waals surface area contributed by atoms with Crippen LogP contribution in [0.15, 0.2) is 76.6 Å². The number of nitrogens with zero attached hydrogens (tertiary/aromatic N) is 1. The number of carboxylic acids is 1. The number of anilines is 1. The van der Waals surface area contributed by atoms with Crippen LogP contribution in [0.4, 0.5) is 5.69 Å². The number of aromatic nitrogens is 1. The number of halogens is 1. The predicted molar refractivity (Wildman–Crippen MR) is 158 cm³/mol. The molecule has 0 saturated carbocycles. The van der Waals surface area contributed by atoms with Gasteiger partial charge >= 0.3 is 5.97 Å². The molecule has 1 aromatic heterocycles. The summed E-state index contributed by atoms with van der Waals surface area (Å²) < 4.78 is 1.03. The highest BCUT2D eigenvalue weighted by molar-refractivity contribution is 9.10. The molecule has 196 valence electrons. The fraction of sp³-hybridized carbons (Fsp3) is 0.233. The zero-order chi connectivity index (χ0) is 26.9. The maximum atomic E-state index is 12.2. The second-order valence-corrected chi connectivity index (χ2v) is 10.8. The van der Waals surface area contributed by atoms with E-state index < -0.39 is 5.97 Å². The molecule has 1 heterocycles. The number of carbonyl (C=O) groups excluding carboxylic acids is 1. The normalized spacial score (nSPS) is 10.8. The first kappa shape index (κ1) is 27.5. The lowest BCUT2D eigenvalue weighted by Gasteiger charge is -2.13. The highest BCUT2D eigenvalue weighted by Crippen LogP contribution is 2.35. The van der Waals surface area contributed by atoms with Crippen molar-refractivity contribution in [2.24, 2.45) is 0 Å². The van der Waals surface area contributed by atoms with Crippen LogP contribution < -0.4 is 10.6 Å². The summed E-state index contributed by atoms with van der Waals surface area (Å²) in [5, 5.41) is 18.0. The summed E-state index contributed by atoms with van der Waals surface area (Å²) in [5.41, 5.74) is 6.95. The fourth-order valence-electron chi connectivity index (χ4n) is 3.99. The van der Waals surface area contributed by atoms with E-state index in [1.165, 1.54) is 5.56 Å². The van der Waals surface area contributed by atoms with Crippen LogP contribution >= 0.6 is 27.3 Å². The second-order valence-electron chi connectivity index (χ2n) is 8.98. The molecule has 0 aliphatic rings. The number of hydrogen-bond donors (Lipinski definition) is 3. The van der Waals surface area contributed by atoms with Gasteiger partial charge in [-0.2, -0.15) is 0 Å². The number of rotatable bonds is 12. The number of thiazole rings is 1. The topological polar surface area (TPSA) is 91.3 Å². The van der Waals surface area contributed by atoms with Gasteiger partial charge in [0.15, 0.2) is 0 Å². The van der Waals surface area contributed by atoms with Crippen molar-refractivity contribution >= 4 is 44.8 Å². The number of unbranched alkanes of at least 4 members (excludes halogenated alkanes) is 1. The number of carboxylic acid groups (broad SMARTS) is 1. The Bertz CT molecular complexity index is 1400. The Labute approximate surface area is 235 Å². The molecule has 38 heavy (non-hydrogen) atoms. The van der Waals surface area contributed by atoms with Crippen molar-refractivity contribution in [2.45, 2.75) is 39.2 Å². The van der Waals surface area contributed by atoms with E-state index in [0.717, 1.165) is 56.8 Å². The van der Waals surface area contributed by atoms with Crippen molar-refractivity contribution in [1.29, 1.82) is 0 Å². The zero-order valence-electron chi connectivity index (χ0n) is 21.2. The third kappa shape index (κ3) is 7.52. The van der Waals surface area contributed by atoms with Crippen LogP contribution in [0, 0.1) is 0 Å². The van der Waals surface area contributed by atoms with Gasteiger partial charge in [-0.3, -0.25) is 9.59 Å². The number of aliphatic carboxylic acids is 1. The van der Waals surface area contributed by atoms with Gasteiger partial charge in [0.2, 0.25) is 0 Å². The van der Waals surface area contributed by atoms with Gasteiger partial charge in [0.25, 0.3) is 5.91 Å². The molecule has 6 nitrogen and oxygen atoms in total. The fourth-order valence-corrected chi connectivity index (χ4v) is 5.25. The van der Waals surface area contributed by atoms with Gasteiger partial charge in [-0.05, 0) is 60.4 Å². The van der Waals surface area contributed by atoms with Crippen LogP contribution in [0.5, 0.6) is 0 Å². The lowest BCUT2D eigenvalue weighted by Crippen LogP contribution is -2.25. The molecule has 0 radical (unpaired) electrons. The Morgan fingerprint density at radius 3 is 2.55 bits per heavy atom. The summed E-state index contributed by atoms with van der Waals surface area (Å²) in [6.45, 7) is 2.90. The van der Waals surface area contributed by atoms with E-state index in [0.29, 0.717) is 12.1 Å². The molecule has 0 fully saturated rings. The lowest BCUT2D eigenvalue weighted by atomic mass is 10.0. The van der Waals surface area contributed by atoms with Crippen LogP contribution in [0.3, 0.4) is 0 Å². The molecule has 1 amide bonds. The van der Waals surface area contributed by atoms with E-state index in [4.69, 9.17) is 10.1 Å². The molecule has 4 aromatic rings. The van der Waals surface area contributed by atoms with Gasteiger partial charge in [0, 0.05) is 45.3 Å². The second kappa shape index (κ2) is 13.3. The van der Waals surface area contributed by atoms with Gasteiger partial charge in [0.05, 0.1) is 12.1 Å². The van der Waals surface area contributed by atoms with E-state index in [1.54, 1.807) is 23.5 Å². The molecule has 0 atom stereocenters. The smallest absolute Gasteiger partial charge is 0.305 e. The summed E-state index contributed by atoms with van der Waals surface area (Å²) in [6.07, 6.45) is 3.22. The Balaban J connectivity index is 1.50. The summed E-state index contributed by atoms with van der Waals surface area (Å²) in [6, 6.07) is 22.0. The minimum Gasteiger partial charge on any atom is -0.481 e. The number of amides is 1. The summed E-state index contributed by atoms with van der Waals surface area (Å²) in [4.78, 5) is 27.8. The zero-order valence-corrected chi connectivity index (χ0v) is 23.6. The third-order valence-electron chi connectivity index (χ3n) is 6.08. The van der Waals surface area contributed by atoms with Crippen LogP contribution in [0.2, 0.25) is 0 Å². The predicted octanol–water partition coefficient (Wildman–Crippen LogP) is 7.40. The molecule has 0 spiro atoms. The molecule has 0 bridgehead atoms. The number of nitrogens with one attached hydrogen (secondary N) is 2. The molecule has 0 unspecified atom stereocenters. The van der Waals surface area contributed by atoms with Gasteiger partial charge in [0.1, 0.15) is 5.01 Å². The lowest BCUT2D eigenvalue weighted by molar-refractivity contribution is -0.136. The van der Waals surface area contributed by atoms with Crippen LogP contribution in [-0.2, 0) is 17.8 Å². The quantitative estimate of drug-likeness (QED) is 0.160. The van der Waals surface area contributed by atoms with Crippen molar-refractivity contribution in [1.82, 2.24) is 10.3 Å². The average Bonchev–Trinajstić information content (AvgIpc) is 3.41. The minimum absolute atomic E-state index is 0.100. The SMILES string of the molecule is CCCCc1ccc(NCc2ccc(C(=O)NCCC(=O)O)cc2)c(-c2nc(-c3cccc(Br)c3)cs2)c1. The summed E-state index contributed by atoms with van der Waals surface area (Å²) in [5.74, 6) is -1.22. The Morgan fingerprint density at radius 2 is 1.82 bits per heavy atom. The summed E-state index contributed by atoms with van der Waals surface area (Å²) in [7, 11) is 0. The van der Waals surface area contributed by atoms with Crippen molar-refractivity contribution in [2.75, 3.05) is 11.9 Å². The Kier molecular flexibility index (Phi) is 9.67. The molecule has 0 aliphatic carbocycles. The maximum Gasteiger partial charge on any atom is 0.305 e. The molecular weight excluding hydrogens is 562 g/mol. The number of carbonyl (C=O) groups is 2. The first-order valence-corrected chi connectivity index (χ1v) is 14.3. The molecule has 0 aliphatic heterocycles. The van der Waals surface area contributed by atoms with Crippen molar-refractivity contribution in [3.8, 4) is 21.8 Å². The van der Waals surface area contributed by atoms with Crippen molar-refractivity contribution < 1.29 is 14.7 Å². The van der Waals surface area contributed by atoms with Gasteiger partial charge < -0.3 is 15.7 Å². The number of benzene rings is 3. The van der Waals surface area contributed by atoms with Gasteiger partial charge in [-0.1, -0.05) is 59.6 Å². The highest BCUT2D eigenvalue weighted by Gasteiger charge is 2.13. The van der Waals surface area contributed by atoms with Crippen molar-refractivity contribution in [3.05, 3.63) is 93.3 Å². The van der Waals surface area contributed by atoms with Gasteiger partial charge in [-0.15, -0.1) is 11.3 Å². The average molecular weight is 593 g/mol. The Morgan fingerprint density at radius 1 is 1.03 bits per heavy atom. The monoisotopic (exact) mass is 591 g/mol. The van der Waals surface area contributed by atoms with E-state index in [-0.39, 0.29) is 18.9 Å². The van der Waals surface area contributed by atoms with Gasteiger partial charge in [-0.25, -0.2) is 4.98 Å². The summed E-state index contributed by atoms with van der Waals surface area (Å²) >= 11 is 5.19. The van der Waals surface area contributed by atoms with Crippen LogP contribution in [-0.4, -0.2) is 28.5 Å². The molecule has 4 rings (SSSR count). The first-order valence-electron chi connectivity index (χ1n) is 12.6. The molecule has 8 heteroatoms. The first-order chi connectivity index (χ1) is 18.4. The number of aryl methyl sites for hydroxylation is 1. The maximum absolute atomic E-state index is 12.2. The Hall–Kier alpha value is -3.49. The number of hydrogen-bond acceptors (Lipinski definition) is 5. The van der Waals surface area contributed by atoms with E-state index in [9.17, 15) is 9.59 Å². The van der Waals surface area contributed by atoms with E-state index in [2.05, 4.69) is 69.2 Å². The standard InChI is InChI=1S/C30H30BrN3O3S/c1-2-3-5-20-10-13-26(25(16-20)30-34-27(19-38-30)23-6-4-7-24(31)17-23)33-18-21-8-11-22(12-9-21)29(37)32-15-14-28(35)36/h4,6-13,16-17,19,33H,2-3,5,14-15,18H2,1H3,(H,32,37)(H,35,36). The minimum atomic E-state index is -0.938. The largest absolute Gasteiger partial charge is 0.481 e. The molecular formula is C30H30BrN3O3S.